The highest BCUT2D eigenvalue weighted by Crippen LogP contribution is 2.28. The SMILES string of the molecule is C[C@H]1CC=CC(=O)[C@@]1(O)C(=O)OCC[Si](C)(C)C. The van der Waals surface area contributed by atoms with Crippen molar-refractivity contribution in [2.24, 2.45) is 5.92 Å². The zero-order valence-corrected chi connectivity index (χ0v) is 12.5. The first kappa shape index (κ1) is 15.1. The van der Waals surface area contributed by atoms with Crippen LogP contribution in [-0.4, -0.2) is 37.1 Å². The van der Waals surface area contributed by atoms with Gasteiger partial charge in [-0.3, -0.25) is 4.79 Å². The molecule has 0 saturated carbocycles. The third-order valence-electron chi connectivity index (χ3n) is 3.24. The van der Waals surface area contributed by atoms with E-state index in [9.17, 15) is 14.7 Å². The van der Waals surface area contributed by atoms with Crippen molar-refractivity contribution in [2.45, 2.75) is 44.6 Å². The van der Waals surface area contributed by atoms with E-state index in [-0.39, 0.29) is 6.61 Å². The second-order valence-electron chi connectivity index (χ2n) is 6.12. The van der Waals surface area contributed by atoms with Crippen molar-refractivity contribution >= 4 is 19.8 Å². The van der Waals surface area contributed by atoms with E-state index < -0.39 is 31.3 Å². The molecule has 4 nitrogen and oxygen atoms in total. The molecule has 0 amide bonds. The summed E-state index contributed by atoms with van der Waals surface area (Å²) in [5, 5.41) is 10.2. The Labute approximate surface area is 109 Å². The number of hydrogen-bond acceptors (Lipinski definition) is 4. The number of ether oxygens (including phenoxy) is 1. The van der Waals surface area contributed by atoms with Crippen LogP contribution in [0.15, 0.2) is 12.2 Å². The molecular formula is C13H22O4Si. The van der Waals surface area contributed by atoms with Crippen LogP contribution in [0, 0.1) is 5.92 Å². The molecule has 0 aliphatic heterocycles. The van der Waals surface area contributed by atoms with Crippen molar-refractivity contribution in [3.05, 3.63) is 12.2 Å². The summed E-state index contributed by atoms with van der Waals surface area (Å²) >= 11 is 0. The smallest absolute Gasteiger partial charge is 0.346 e. The van der Waals surface area contributed by atoms with Crippen LogP contribution in [0.2, 0.25) is 25.7 Å². The highest BCUT2D eigenvalue weighted by molar-refractivity contribution is 6.76. The van der Waals surface area contributed by atoms with Gasteiger partial charge in [-0.15, -0.1) is 0 Å². The number of esters is 1. The van der Waals surface area contributed by atoms with Gasteiger partial charge in [0.2, 0.25) is 5.60 Å². The molecule has 0 aromatic heterocycles. The third kappa shape index (κ3) is 3.29. The van der Waals surface area contributed by atoms with Crippen molar-refractivity contribution in [3.8, 4) is 0 Å². The Kier molecular flexibility index (Phi) is 4.50. The van der Waals surface area contributed by atoms with Gasteiger partial charge >= 0.3 is 5.97 Å². The molecule has 5 heteroatoms. The van der Waals surface area contributed by atoms with E-state index in [0.29, 0.717) is 6.42 Å². The second-order valence-corrected chi connectivity index (χ2v) is 11.7. The minimum atomic E-state index is -1.99. The van der Waals surface area contributed by atoms with Crippen LogP contribution >= 0.6 is 0 Å². The van der Waals surface area contributed by atoms with Gasteiger partial charge in [0.1, 0.15) is 0 Å². The molecule has 2 atom stereocenters. The van der Waals surface area contributed by atoms with Gasteiger partial charge in [-0.1, -0.05) is 32.6 Å². The summed E-state index contributed by atoms with van der Waals surface area (Å²) in [7, 11) is -1.29. The molecule has 18 heavy (non-hydrogen) atoms. The number of rotatable bonds is 4. The van der Waals surface area contributed by atoms with Gasteiger partial charge in [0.15, 0.2) is 5.78 Å². The largest absolute Gasteiger partial charge is 0.464 e. The Bertz CT molecular complexity index is 370. The molecule has 0 bridgehead atoms. The van der Waals surface area contributed by atoms with E-state index in [1.165, 1.54) is 6.08 Å². The molecule has 0 unspecified atom stereocenters. The Morgan fingerprint density at radius 1 is 1.56 bits per heavy atom. The molecule has 0 fully saturated rings. The number of ketones is 1. The zero-order valence-electron chi connectivity index (χ0n) is 11.5. The van der Waals surface area contributed by atoms with Gasteiger partial charge in [-0.25, -0.2) is 4.79 Å². The summed E-state index contributed by atoms with van der Waals surface area (Å²) in [6.07, 6.45) is 3.45. The summed E-state index contributed by atoms with van der Waals surface area (Å²) < 4.78 is 5.09. The number of carbonyl (C=O) groups excluding carboxylic acids is 2. The molecule has 0 spiro atoms. The summed E-state index contributed by atoms with van der Waals surface area (Å²) in [6.45, 7) is 8.48. The molecule has 1 aliphatic carbocycles. The van der Waals surface area contributed by atoms with Gasteiger partial charge in [0.05, 0.1) is 6.61 Å². The van der Waals surface area contributed by atoms with Crippen LogP contribution in [0.5, 0.6) is 0 Å². The minimum Gasteiger partial charge on any atom is -0.464 e. The average Bonchev–Trinajstić information content (AvgIpc) is 2.23. The first-order valence-corrected chi connectivity index (χ1v) is 9.99. The predicted octanol–water partition coefficient (Wildman–Crippen LogP) is 1.76. The second kappa shape index (κ2) is 5.36. The molecule has 0 aromatic rings. The first-order valence-electron chi connectivity index (χ1n) is 6.28. The van der Waals surface area contributed by atoms with Gasteiger partial charge in [-0.05, 0) is 18.5 Å². The molecule has 0 saturated heterocycles. The Balaban J connectivity index is 2.65. The van der Waals surface area contributed by atoms with Crippen LogP contribution in [-0.2, 0) is 14.3 Å². The van der Waals surface area contributed by atoms with E-state index in [1.807, 2.05) is 0 Å². The Morgan fingerprint density at radius 2 is 2.17 bits per heavy atom. The number of aliphatic hydroxyl groups is 1. The van der Waals surface area contributed by atoms with E-state index in [2.05, 4.69) is 19.6 Å². The third-order valence-corrected chi connectivity index (χ3v) is 4.95. The van der Waals surface area contributed by atoms with E-state index in [4.69, 9.17) is 4.74 Å². The summed E-state index contributed by atoms with van der Waals surface area (Å²) in [4.78, 5) is 23.6. The predicted molar refractivity (Wildman–Crippen MR) is 72.0 cm³/mol. The maximum Gasteiger partial charge on any atom is 0.346 e. The standard InChI is InChI=1S/C13H22O4Si/c1-10-6-5-7-11(14)13(10,16)12(15)17-8-9-18(2,3)4/h5,7,10,16H,6,8-9H2,1-4H3/t10-,13+/m0/s1. The lowest BCUT2D eigenvalue weighted by Gasteiger charge is -2.31. The number of hydrogen-bond donors (Lipinski definition) is 1. The van der Waals surface area contributed by atoms with Crippen molar-refractivity contribution < 1.29 is 19.4 Å². The van der Waals surface area contributed by atoms with Gasteiger partial charge in [-0.2, -0.15) is 0 Å². The Hall–Kier alpha value is -0.943. The molecule has 0 heterocycles. The van der Waals surface area contributed by atoms with Crippen molar-refractivity contribution in [1.29, 1.82) is 0 Å². The van der Waals surface area contributed by atoms with Crippen molar-refractivity contribution in [2.75, 3.05) is 6.61 Å². The molecule has 1 rings (SSSR count). The monoisotopic (exact) mass is 270 g/mol. The first-order chi connectivity index (χ1) is 8.18. The number of carbonyl (C=O) groups is 2. The topological polar surface area (TPSA) is 63.6 Å². The molecular weight excluding hydrogens is 248 g/mol. The van der Waals surface area contributed by atoms with Gasteiger partial charge in [0, 0.05) is 14.0 Å². The highest BCUT2D eigenvalue weighted by Gasteiger charge is 2.49. The van der Waals surface area contributed by atoms with Crippen LogP contribution < -0.4 is 0 Å². The van der Waals surface area contributed by atoms with Gasteiger partial charge < -0.3 is 9.84 Å². The highest BCUT2D eigenvalue weighted by atomic mass is 28.3. The lowest BCUT2D eigenvalue weighted by molar-refractivity contribution is -0.174. The summed E-state index contributed by atoms with van der Waals surface area (Å²) in [5.74, 6) is -1.81. The van der Waals surface area contributed by atoms with Gasteiger partial charge in [0.25, 0.3) is 0 Å². The van der Waals surface area contributed by atoms with Crippen molar-refractivity contribution in [1.82, 2.24) is 0 Å². The molecule has 0 aromatic carbocycles. The van der Waals surface area contributed by atoms with E-state index >= 15 is 0 Å². The quantitative estimate of drug-likeness (QED) is 0.480. The summed E-state index contributed by atoms with van der Waals surface area (Å²) in [6, 6.07) is 0.827. The minimum absolute atomic E-state index is 0.278. The lowest BCUT2D eigenvalue weighted by atomic mass is 9.79. The van der Waals surface area contributed by atoms with Crippen LogP contribution in [0.3, 0.4) is 0 Å². The summed E-state index contributed by atoms with van der Waals surface area (Å²) in [5.41, 5.74) is -1.99. The molecule has 0 radical (unpaired) electrons. The van der Waals surface area contributed by atoms with E-state index in [0.717, 1.165) is 6.04 Å². The van der Waals surface area contributed by atoms with Crippen LogP contribution in [0.25, 0.3) is 0 Å². The number of allylic oxidation sites excluding steroid dienone is 1. The van der Waals surface area contributed by atoms with Crippen LogP contribution in [0.4, 0.5) is 0 Å². The maximum absolute atomic E-state index is 11.9. The van der Waals surface area contributed by atoms with Crippen LogP contribution in [0.1, 0.15) is 13.3 Å². The fourth-order valence-electron chi connectivity index (χ4n) is 1.78. The molecule has 1 N–H and O–H groups in total. The zero-order chi connectivity index (χ0) is 14.0. The maximum atomic E-state index is 11.9. The average molecular weight is 270 g/mol. The molecule has 102 valence electrons. The van der Waals surface area contributed by atoms with Crippen molar-refractivity contribution in [3.63, 3.8) is 0 Å². The fraction of sp³-hybridized carbons (Fsp3) is 0.692. The van der Waals surface area contributed by atoms with E-state index in [1.54, 1.807) is 13.0 Å². The molecule has 1 aliphatic rings. The lowest BCUT2D eigenvalue weighted by Crippen LogP contribution is -2.53. The normalized spacial score (nSPS) is 28.3. The Morgan fingerprint density at radius 3 is 2.67 bits per heavy atom. The fourth-order valence-corrected chi connectivity index (χ4v) is 2.50.